The predicted octanol–water partition coefficient (Wildman–Crippen LogP) is 5.84. The van der Waals surface area contributed by atoms with Crippen LogP contribution in [-0.4, -0.2) is 30.2 Å². The lowest BCUT2D eigenvalue weighted by Crippen LogP contribution is -2.25. The van der Waals surface area contributed by atoms with Crippen LogP contribution in [0, 0.1) is 0 Å². The van der Waals surface area contributed by atoms with Crippen molar-refractivity contribution in [2.45, 2.75) is 33.1 Å². The number of benzene rings is 2. The molecule has 2 aromatic rings. The largest absolute Gasteiger partial charge is 0.508 e. The molecule has 0 saturated heterocycles. The first kappa shape index (κ1) is 22.3. The number of hydroxylamine groups is 2. The first-order valence-corrected chi connectivity index (χ1v) is 9.69. The Bertz CT molecular complexity index is 884. The normalized spacial score (nSPS) is 11.8. The molecule has 0 heterocycles. The van der Waals surface area contributed by atoms with Gasteiger partial charge in [-0.05, 0) is 59.4 Å². The van der Waals surface area contributed by atoms with Gasteiger partial charge in [-0.3, -0.25) is 9.63 Å². The van der Waals surface area contributed by atoms with Crippen LogP contribution in [0.1, 0.15) is 48.9 Å². The van der Waals surface area contributed by atoms with Gasteiger partial charge in [0.2, 0.25) is 0 Å². The van der Waals surface area contributed by atoms with Crippen molar-refractivity contribution in [3.8, 4) is 5.75 Å². The maximum atomic E-state index is 12.1. The Morgan fingerprint density at radius 2 is 1.82 bits per heavy atom. The number of rotatable bonds is 6. The average Bonchev–Trinajstić information content (AvgIpc) is 2.64. The molecule has 1 N–H and O–H groups in total. The molecule has 4 nitrogen and oxygen atoms in total. The molecule has 0 bridgehead atoms. The van der Waals surface area contributed by atoms with Gasteiger partial charge >= 0.3 is 0 Å². The Kier molecular flexibility index (Phi) is 7.53. The molecule has 0 aliphatic carbocycles. The van der Waals surface area contributed by atoms with Crippen LogP contribution in [0.3, 0.4) is 0 Å². The van der Waals surface area contributed by atoms with Gasteiger partial charge in [-0.25, -0.2) is 5.06 Å². The number of hydrogen-bond acceptors (Lipinski definition) is 3. The number of phenols is 1. The van der Waals surface area contributed by atoms with Gasteiger partial charge in [-0.1, -0.05) is 49.2 Å². The van der Waals surface area contributed by atoms with Crippen molar-refractivity contribution < 1.29 is 14.7 Å². The van der Waals surface area contributed by atoms with Crippen molar-refractivity contribution in [2.75, 3.05) is 14.2 Å². The third-order valence-corrected chi connectivity index (χ3v) is 5.21. The summed E-state index contributed by atoms with van der Waals surface area (Å²) < 4.78 is 0. The van der Waals surface area contributed by atoms with E-state index in [1.54, 1.807) is 38.2 Å². The lowest BCUT2D eigenvalue weighted by Gasteiger charge is -2.14. The molecule has 0 aromatic heterocycles. The summed E-state index contributed by atoms with van der Waals surface area (Å²) in [4.78, 5) is 17.0. The molecule has 0 spiro atoms. The fraction of sp³-hybridized carbons (Fsp3) is 0.318. The number of aromatic hydroxyl groups is 1. The van der Waals surface area contributed by atoms with E-state index in [4.69, 9.17) is 28.0 Å². The summed E-state index contributed by atoms with van der Waals surface area (Å²) >= 11 is 13.0. The zero-order valence-corrected chi connectivity index (χ0v) is 18.2. The number of likely N-dealkylation sites (N-methyl/N-ethyl adjacent to an activating group) is 1. The van der Waals surface area contributed by atoms with Crippen molar-refractivity contribution >= 4 is 35.2 Å². The van der Waals surface area contributed by atoms with E-state index in [9.17, 15) is 9.90 Å². The van der Waals surface area contributed by atoms with Gasteiger partial charge in [-0.2, -0.15) is 0 Å². The first-order valence-electron chi connectivity index (χ1n) is 8.94. The number of carbonyl (C=O) groups is 1. The Balaban J connectivity index is 2.32. The monoisotopic (exact) mass is 421 g/mol. The molecule has 0 saturated carbocycles. The van der Waals surface area contributed by atoms with Crippen LogP contribution in [0.2, 0.25) is 10.0 Å². The second-order valence-electron chi connectivity index (χ2n) is 7.00. The van der Waals surface area contributed by atoms with Gasteiger partial charge in [0.1, 0.15) is 5.75 Å². The summed E-state index contributed by atoms with van der Waals surface area (Å²) in [5.74, 6) is 0.255. The minimum absolute atomic E-state index is 0.212. The van der Waals surface area contributed by atoms with Crippen molar-refractivity contribution in [3.63, 3.8) is 0 Å². The standard InChI is InChI=1S/C22H25Cl2NO3/c1-13(2)17-9-15(6-7-21(17)26)10-18-19(23)11-16(12-20(18)24)8-14(3)22(27)25(4)28-5/h6-9,11-13,26H,10H2,1-5H3/b14-8+. The van der Waals surface area contributed by atoms with E-state index in [1.165, 1.54) is 7.11 Å². The smallest absolute Gasteiger partial charge is 0.272 e. The van der Waals surface area contributed by atoms with E-state index in [0.29, 0.717) is 22.0 Å². The number of phenolic OH excluding ortho intramolecular Hbond substituents is 1. The molecule has 6 heteroatoms. The van der Waals surface area contributed by atoms with Gasteiger partial charge in [0, 0.05) is 29.1 Å². The summed E-state index contributed by atoms with van der Waals surface area (Å²) in [6, 6.07) is 9.12. The molecule has 1 amide bonds. The Morgan fingerprint density at radius 1 is 1.21 bits per heavy atom. The topological polar surface area (TPSA) is 49.8 Å². The van der Waals surface area contributed by atoms with E-state index in [0.717, 1.165) is 27.3 Å². The molecular formula is C22H25Cl2NO3. The van der Waals surface area contributed by atoms with Crippen molar-refractivity contribution in [1.82, 2.24) is 5.06 Å². The maximum absolute atomic E-state index is 12.1. The molecular weight excluding hydrogens is 397 g/mol. The van der Waals surface area contributed by atoms with Gasteiger partial charge in [-0.15, -0.1) is 0 Å². The van der Waals surface area contributed by atoms with E-state index >= 15 is 0 Å². The minimum Gasteiger partial charge on any atom is -0.508 e. The van der Waals surface area contributed by atoms with E-state index in [2.05, 4.69) is 0 Å². The highest BCUT2D eigenvalue weighted by Gasteiger charge is 2.14. The third-order valence-electron chi connectivity index (χ3n) is 4.54. The van der Waals surface area contributed by atoms with Crippen LogP contribution < -0.4 is 0 Å². The Labute approximate surface area is 176 Å². The summed E-state index contributed by atoms with van der Waals surface area (Å²) in [5.41, 5.74) is 3.95. The molecule has 2 rings (SSSR count). The first-order chi connectivity index (χ1) is 13.1. The summed E-state index contributed by atoms with van der Waals surface area (Å²) in [5, 5.41) is 12.2. The average molecular weight is 422 g/mol. The third kappa shape index (κ3) is 5.28. The van der Waals surface area contributed by atoms with Crippen LogP contribution in [-0.2, 0) is 16.1 Å². The highest BCUT2D eigenvalue weighted by molar-refractivity contribution is 6.36. The van der Waals surface area contributed by atoms with E-state index in [1.807, 2.05) is 26.0 Å². The second kappa shape index (κ2) is 9.46. The number of carbonyl (C=O) groups excluding carboxylic acids is 1. The zero-order valence-electron chi connectivity index (χ0n) is 16.7. The fourth-order valence-corrected chi connectivity index (χ4v) is 3.54. The highest BCUT2D eigenvalue weighted by atomic mass is 35.5. The zero-order chi connectivity index (χ0) is 21.0. The number of nitrogens with zero attached hydrogens (tertiary/aromatic N) is 1. The lowest BCUT2D eigenvalue weighted by atomic mass is 9.96. The van der Waals surface area contributed by atoms with Crippen LogP contribution in [0.25, 0.3) is 6.08 Å². The predicted molar refractivity (Wildman–Crippen MR) is 115 cm³/mol. The molecule has 0 unspecified atom stereocenters. The number of amides is 1. The summed E-state index contributed by atoms with van der Waals surface area (Å²) in [6.45, 7) is 5.77. The Morgan fingerprint density at radius 3 is 2.36 bits per heavy atom. The molecule has 0 atom stereocenters. The minimum atomic E-state index is -0.246. The van der Waals surface area contributed by atoms with Crippen LogP contribution in [0.4, 0.5) is 0 Å². The highest BCUT2D eigenvalue weighted by Crippen LogP contribution is 2.32. The van der Waals surface area contributed by atoms with Gasteiger partial charge in [0.15, 0.2) is 0 Å². The summed E-state index contributed by atoms with van der Waals surface area (Å²) in [6.07, 6.45) is 2.27. The van der Waals surface area contributed by atoms with E-state index < -0.39 is 0 Å². The maximum Gasteiger partial charge on any atom is 0.272 e. The fourth-order valence-electron chi connectivity index (χ4n) is 2.90. The van der Waals surface area contributed by atoms with Gasteiger partial charge < -0.3 is 5.11 Å². The molecule has 28 heavy (non-hydrogen) atoms. The van der Waals surface area contributed by atoms with Gasteiger partial charge in [0.25, 0.3) is 5.91 Å². The molecule has 0 radical (unpaired) electrons. The molecule has 0 aliphatic rings. The van der Waals surface area contributed by atoms with Crippen molar-refractivity contribution in [2.24, 2.45) is 0 Å². The quantitative estimate of drug-likeness (QED) is 0.470. The number of halogens is 2. The van der Waals surface area contributed by atoms with E-state index in [-0.39, 0.29) is 17.6 Å². The Hall–Kier alpha value is -2.01. The van der Waals surface area contributed by atoms with Crippen molar-refractivity contribution in [3.05, 3.63) is 68.2 Å². The summed E-state index contributed by atoms with van der Waals surface area (Å²) in [7, 11) is 2.98. The molecule has 0 fully saturated rings. The van der Waals surface area contributed by atoms with Gasteiger partial charge in [0.05, 0.1) is 7.11 Å². The SMILES string of the molecule is CON(C)C(=O)/C(C)=C/c1cc(Cl)c(Cc2ccc(O)c(C(C)C)c2)c(Cl)c1. The molecule has 0 aliphatic heterocycles. The molecule has 2 aromatic carbocycles. The second-order valence-corrected chi connectivity index (χ2v) is 7.81. The van der Waals surface area contributed by atoms with Crippen molar-refractivity contribution in [1.29, 1.82) is 0 Å². The lowest BCUT2D eigenvalue weighted by molar-refractivity contribution is -0.163. The van der Waals surface area contributed by atoms with Crippen LogP contribution >= 0.6 is 23.2 Å². The number of hydrogen-bond donors (Lipinski definition) is 1. The van der Waals surface area contributed by atoms with Crippen LogP contribution in [0.5, 0.6) is 5.75 Å². The molecule has 150 valence electrons. The van der Waals surface area contributed by atoms with Crippen LogP contribution in [0.15, 0.2) is 35.9 Å².